The van der Waals surface area contributed by atoms with Crippen molar-refractivity contribution < 1.29 is 19.2 Å². The Kier molecular flexibility index (Phi) is 4.58. The lowest BCUT2D eigenvalue weighted by Gasteiger charge is -2.09. The lowest BCUT2D eigenvalue weighted by atomic mass is 10.1. The van der Waals surface area contributed by atoms with Gasteiger partial charge in [0, 0.05) is 22.9 Å². The van der Waals surface area contributed by atoms with E-state index in [9.17, 15) is 9.90 Å². The number of benzene rings is 2. The van der Waals surface area contributed by atoms with Gasteiger partial charge >= 0.3 is 0 Å². The van der Waals surface area contributed by atoms with E-state index in [1.807, 2.05) is 30.3 Å². The minimum Gasteiger partial charge on any atom is -0.496 e. The number of methoxy groups -OCH3 is 1. The fourth-order valence-electron chi connectivity index (χ4n) is 2.30. The Labute approximate surface area is 138 Å². The van der Waals surface area contributed by atoms with Gasteiger partial charge in [0.2, 0.25) is 5.76 Å². The predicted molar refractivity (Wildman–Crippen MR) is 88.8 cm³/mol. The minimum absolute atomic E-state index is 0.107. The topological polar surface area (TPSA) is 84.6 Å². The van der Waals surface area contributed by atoms with Gasteiger partial charge in [-0.15, -0.1) is 0 Å². The maximum Gasteiger partial charge on any atom is 0.294 e. The molecule has 1 heterocycles. The molecule has 6 nitrogen and oxygen atoms in total. The van der Waals surface area contributed by atoms with E-state index in [-0.39, 0.29) is 12.4 Å². The quantitative estimate of drug-likeness (QED) is 0.753. The molecule has 0 aliphatic rings. The number of nitrogens with zero attached hydrogens (tertiary/aromatic N) is 1. The van der Waals surface area contributed by atoms with E-state index in [0.717, 1.165) is 5.56 Å². The van der Waals surface area contributed by atoms with Gasteiger partial charge in [0.25, 0.3) is 5.91 Å². The van der Waals surface area contributed by atoms with Gasteiger partial charge in [0.05, 0.1) is 13.7 Å². The second-order valence-electron chi connectivity index (χ2n) is 5.08. The van der Waals surface area contributed by atoms with E-state index < -0.39 is 5.91 Å². The summed E-state index contributed by atoms with van der Waals surface area (Å²) in [6.45, 7) is -0.187. The number of amides is 1. The highest BCUT2D eigenvalue weighted by atomic mass is 16.5. The molecule has 0 bridgehead atoms. The van der Waals surface area contributed by atoms with E-state index in [2.05, 4.69) is 10.5 Å². The molecular weight excluding hydrogens is 308 g/mol. The van der Waals surface area contributed by atoms with Gasteiger partial charge in [-0.05, 0) is 18.2 Å². The molecule has 122 valence electrons. The molecular formula is C18H16N2O4. The second-order valence-corrected chi connectivity index (χ2v) is 5.08. The van der Waals surface area contributed by atoms with E-state index in [1.54, 1.807) is 24.3 Å². The molecule has 1 amide bonds. The zero-order valence-electron chi connectivity index (χ0n) is 13.0. The number of carbonyl (C=O) groups excluding carboxylic acids is 1. The number of carbonyl (C=O) groups is 1. The van der Waals surface area contributed by atoms with Crippen molar-refractivity contribution in [3.05, 3.63) is 65.9 Å². The number of hydrogen-bond acceptors (Lipinski definition) is 5. The molecule has 0 atom stereocenters. The molecule has 0 saturated heterocycles. The molecule has 0 aliphatic carbocycles. The van der Waals surface area contributed by atoms with Crippen molar-refractivity contribution >= 4 is 11.6 Å². The van der Waals surface area contributed by atoms with Crippen molar-refractivity contribution in [2.24, 2.45) is 0 Å². The number of anilines is 1. The number of aromatic nitrogens is 1. The molecule has 0 radical (unpaired) electrons. The van der Waals surface area contributed by atoms with Crippen LogP contribution in [0.15, 0.2) is 59.1 Å². The van der Waals surface area contributed by atoms with Gasteiger partial charge in [0.1, 0.15) is 11.4 Å². The summed E-state index contributed by atoms with van der Waals surface area (Å²) < 4.78 is 10.3. The van der Waals surface area contributed by atoms with E-state index in [4.69, 9.17) is 9.26 Å². The first-order valence-corrected chi connectivity index (χ1v) is 7.32. The lowest BCUT2D eigenvalue weighted by molar-refractivity contribution is 0.0988. The van der Waals surface area contributed by atoms with Crippen molar-refractivity contribution in [3.63, 3.8) is 0 Å². The highest BCUT2D eigenvalue weighted by molar-refractivity contribution is 6.02. The molecule has 0 unspecified atom stereocenters. The monoisotopic (exact) mass is 324 g/mol. The average molecular weight is 324 g/mol. The first-order valence-electron chi connectivity index (χ1n) is 7.32. The summed E-state index contributed by atoms with van der Waals surface area (Å²) in [5, 5.41) is 16.0. The maximum absolute atomic E-state index is 12.3. The largest absolute Gasteiger partial charge is 0.496 e. The first kappa shape index (κ1) is 15.8. The number of ether oxygens (including phenoxy) is 1. The standard InChI is InChI=1S/C18H16N2O4/c1-23-16-8-7-14(9-13(16)11-21)19-18(22)17-10-15(20-24-17)12-5-3-2-4-6-12/h2-10,21H,11H2,1H3,(H,19,22). The third-order valence-corrected chi connectivity index (χ3v) is 3.51. The smallest absolute Gasteiger partial charge is 0.294 e. The Balaban J connectivity index is 1.77. The fourth-order valence-corrected chi connectivity index (χ4v) is 2.30. The number of nitrogens with one attached hydrogen (secondary N) is 1. The van der Waals surface area contributed by atoms with Crippen LogP contribution in [0.3, 0.4) is 0 Å². The summed E-state index contributed by atoms with van der Waals surface area (Å²) in [6.07, 6.45) is 0. The highest BCUT2D eigenvalue weighted by Gasteiger charge is 2.15. The maximum atomic E-state index is 12.3. The number of hydrogen-bond donors (Lipinski definition) is 2. The van der Waals surface area contributed by atoms with Crippen molar-refractivity contribution in [1.82, 2.24) is 5.16 Å². The summed E-state index contributed by atoms with van der Waals surface area (Å²) in [4.78, 5) is 12.3. The van der Waals surface area contributed by atoms with Crippen LogP contribution in [-0.4, -0.2) is 23.3 Å². The third kappa shape index (κ3) is 3.28. The number of aliphatic hydroxyl groups excluding tert-OH is 1. The molecule has 0 saturated carbocycles. The summed E-state index contributed by atoms with van der Waals surface area (Å²) in [5.74, 6) is 0.246. The van der Waals surface area contributed by atoms with Crippen molar-refractivity contribution in [2.75, 3.05) is 12.4 Å². The molecule has 2 aromatic carbocycles. The average Bonchev–Trinajstić information content (AvgIpc) is 3.12. The van der Waals surface area contributed by atoms with Crippen LogP contribution >= 0.6 is 0 Å². The molecule has 2 N–H and O–H groups in total. The summed E-state index contributed by atoms with van der Waals surface area (Å²) in [5.41, 5.74) is 2.57. The van der Waals surface area contributed by atoms with Gasteiger partial charge < -0.3 is 19.7 Å². The SMILES string of the molecule is COc1ccc(NC(=O)c2cc(-c3ccccc3)no2)cc1CO. The van der Waals surface area contributed by atoms with Crippen LogP contribution in [-0.2, 0) is 6.61 Å². The molecule has 0 fully saturated rings. The van der Waals surface area contributed by atoms with E-state index in [1.165, 1.54) is 7.11 Å². The Hall–Kier alpha value is -3.12. The van der Waals surface area contributed by atoms with Crippen molar-refractivity contribution in [2.45, 2.75) is 6.61 Å². The fraction of sp³-hybridized carbons (Fsp3) is 0.111. The molecule has 3 aromatic rings. The van der Waals surface area contributed by atoms with Crippen LogP contribution < -0.4 is 10.1 Å². The van der Waals surface area contributed by atoms with Crippen LogP contribution in [0, 0.1) is 0 Å². The zero-order valence-corrected chi connectivity index (χ0v) is 13.0. The minimum atomic E-state index is -0.418. The van der Waals surface area contributed by atoms with Gasteiger partial charge in [-0.1, -0.05) is 35.5 Å². The Bertz CT molecular complexity index is 843. The van der Waals surface area contributed by atoms with E-state index >= 15 is 0 Å². The lowest BCUT2D eigenvalue weighted by Crippen LogP contribution is -2.11. The first-order chi connectivity index (χ1) is 11.7. The number of aliphatic hydroxyl groups is 1. The normalized spacial score (nSPS) is 10.4. The molecule has 6 heteroatoms. The summed E-state index contributed by atoms with van der Waals surface area (Å²) in [6, 6.07) is 16.0. The van der Waals surface area contributed by atoms with Gasteiger partial charge in [-0.2, -0.15) is 0 Å². The molecule has 24 heavy (non-hydrogen) atoms. The van der Waals surface area contributed by atoms with Crippen molar-refractivity contribution in [3.8, 4) is 17.0 Å². The van der Waals surface area contributed by atoms with Gasteiger partial charge in [-0.3, -0.25) is 4.79 Å². The van der Waals surface area contributed by atoms with E-state index in [0.29, 0.717) is 22.7 Å². The van der Waals surface area contributed by atoms with Crippen LogP contribution in [0.5, 0.6) is 5.75 Å². The Morgan fingerprint density at radius 1 is 1.21 bits per heavy atom. The predicted octanol–water partition coefficient (Wildman–Crippen LogP) is 3.09. The van der Waals surface area contributed by atoms with Crippen LogP contribution in [0.1, 0.15) is 16.1 Å². The van der Waals surface area contributed by atoms with Crippen LogP contribution in [0.4, 0.5) is 5.69 Å². The van der Waals surface area contributed by atoms with Crippen LogP contribution in [0.2, 0.25) is 0 Å². The molecule has 3 rings (SSSR count). The van der Waals surface area contributed by atoms with Crippen LogP contribution in [0.25, 0.3) is 11.3 Å². The molecule has 0 spiro atoms. The highest BCUT2D eigenvalue weighted by Crippen LogP contribution is 2.24. The second kappa shape index (κ2) is 6.97. The van der Waals surface area contributed by atoms with Gasteiger partial charge in [0.15, 0.2) is 0 Å². The number of rotatable bonds is 5. The molecule has 0 aliphatic heterocycles. The third-order valence-electron chi connectivity index (χ3n) is 3.51. The summed E-state index contributed by atoms with van der Waals surface area (Å²) >= 11 is 0. The van der Waals surface area contributed by atoms with Gasteiger partial charge in [-0.25, -0.2) is 0 Å². The van der Waals surface area contributed by atoms with Crippen molar-refractivity contribution in [1.29, 1.82) is 0 Å². The summed E-state index contributed by atoms with van der Waals surface area (Å²) in [7, 11) is 1.52. The zero-order chi connectivity index (χ0) is 16.9. The Morgan fingerprint density at radius 3 is 2.71 bits per heavy atom. The molecule has 1 aromatic heterocycles. The Morgan fingerprint density at radius 2 is 2.00 bits per heavy atom.